The molecule has 0 spiro atoms. The topological polar surface area (TPSA) is 123 Å². The quantitative estimate of drug-likeness (QED) is 0.339. The fourth-order valence-electron chi connectivity index (χ4n) is 3.63. The zero-order chi connectivity index (χ0) is 22.5. The number of benzene rings is 1. The van der Waals surface area contributed by atoms with Crippen molar-refractivity contribution < 1.29 is 28.8 Å². The molecule has 2 atom stereocenters. The van der Waals surface area contributed by atoms with Crippen molar-refractivity contribution in [2.45, 2.75) is 11.4 Å². The highest BCUT2D eigenvalue weighted by atomic mass is 32.2. The third kappa shape index (κ3) is 5.07. The monoisotopic (exact) mass is 452 g/mol. The van der Waals surface area contributed by atoms with Gasteiger partial charge in [0.1, 0.15) is 6.04 Å². The summed E-state index contributed by atoms with van der Waals surface area (Å²) in [4.78, 5) is 52.9. The van der Waals surface area contributed by atoms with E-state index in [9.17, 15) is 24.5 Å². The number of esters is 2. The van der Waals surface area contributed by atoms with E-state index >= 15 is 0 Å². The van der Waals surface area contributed by atoms with Crippen molar-refractivity contribution in [2.24, 2.45) is 0 Å². The minimum Gasteiger partial charge on any atom is -0.467 e. The smallest absolute Gasteiger partial charge is 0.339 e. The van der Waals surface area contributed by atoms with E-state index in [4.69, 9.17) is 9.47 Å². The van der Waals surface area contributed by atoms with E-state index < -0.39 is 28.3 Å². The molecule has 1 aromatic carbocycles. The molecule has 0 radical (unpaired) electrons. The zero-order valence-electron chi connectivity index (χ0n) is 17.3. The van der Waals surface area contributed by atoms with Gasteiger partial charge in [-0.1, -0.05) is 0 Å². The Morgan fingerprint density at radius 3 is 2.23 bits per heavy atom. The molecule has 168 valence electrons. The largest absolute Gasteiger partial charge is 0.467 e. The van der Waals surface area contributed by atoms with Crippen LogP contribution in [0.2, 0.25) is 0 Å². The molecule has 1 aromatic rings. The van der Waals surface area contributed by atoms with Crippen molar-refractivity contribution in [3.05, 3.63) is 34.4 Å². The number of anilines is 1. The molecule has 0 bridgehead atoms. The second-order valence-electron chi connectivity index (χ2n) is 7.09. The number of methoxy groups -OCH3 is 2. The number of non-ortho nitro benzene ring substituents is 1. The normalized spacial score (nSPS) is 21.6. The van der Waals surface area contributed by atoms with E-state index in [0.717, 1.165) is 5.69 Å². The van der Waals surface area contributed by atoms with Gasteiger partial charge in [0.05, 0.1) is 25.7 Å². The summed E-state index contributed by atoms with van der Waals surface area (Å²) >= 11 is 1.18. The van der Waals surface area contributed by atoms with E-state index in [-0.39, 0.29) is 23.9 Å². The molecule has 2 saturated heterocycles. The summed E-state index contributed by atoms with van der Waals surface area (Å²) in [5.41, 5.74) is 0.917. The highest BCUT2D eigenvalue weighted by molar-refractivity contribution is 8.00. The average Bonchev–Trinajstić information content (AvgIpc) is 3.24. The van der Waals surface area contributed by atoms with Crippen LogP contribution in [0.25, 0.3) is 0 Å². The first-order chi connectivity index (χ1) is 14.8. The summed E-state index contributed by atoms with van der Waals surface area (Å²) < 4.78 is 9.58. The third-order valence-corrected chi connectivity index (χ3v) is 6.56. The first-order valence-electron chi connectivity index (χ1n) is 9.66. The lowest BCUT2D eigenvalue weighted by molar-refractivity contribution is -0.384. The maximum Gasteiger partial charge on any atom is 0.339 e. The van der Waals surface area contributed by atoms with E-state index in [0.29, 0.717) is 26.2 Å². The first kappa shape index (κ1) is 22.8. The number of hydrogen-bond acceptors (Lipinski definition) is 10. The highest BCUT2D eigenvalue weighted by Crippen LogP contribution is 2.31. The molecule has 2 aliphatic rings. The highest BCUT2D eigenvalue weighted by Gasteiger charge is 2.46. The van der Waals surface area contributed by atoms with Crippen LogP contribution in [0, 0.1) is 10.1 Å². The Balaban J connectivity index is 1.60. The molecule has 0 N–H and O–H groups in total. The molecule has 3 rings (SSSR count). The minimum atomic E-state index is -0.872. The van der Waals surface area contributed by atoms with Gasteiger partial charge in [-0.2, -0.15) is 0 Å². The van der Waals surface area contributed by atoms with Gasteiger partial charge in [-0.25, -0.2) is 9.59 Å². The first-order valence-corrected chi connectivity index (χ1v) is 10.7. The number of rotatable bonds is 6. The Morgan fingerprint density at radius 2 is 1.68 bits per heavy atom. The van der Waals surface area contributed by atoms with Gasteiger partial charge in [-0.15, -0.1) is 11.8 Å². The SMILES string of the molecule is COC(=O)[C@H]1CS[C@H](C(=O)OC)N1C(=O)CN1CCN(c2ccc([N+](=O)[O-])cc2)CC1. The van der Waals surface area contributed by atoms with Gasteiger partial charge < -0.3 is 19.3 Å². The summed E-state index contributed by atoms with van der Waals surface area (Å²) in [7, 11) is 2.49. The number of nitro groups is 1. The molecule has 0 unspecified atom stereocenters. The van der Waals surface area contributed by atoms with Crippen LogP contribution in [0.5, 0.6) is 0 Å². The van der Waals surface area contributed by atoms with Crippen LogP contribution in [0.1, 0.15) is 0 Å². The molecule has 2 fully saturated rings. The van der Waals surface area contributed by atoms with Crippen molar-refractivity contribution in [1.29, 1.82) is 0 Å². The van der Waals surface area contributed by atoms with E-state index in [1.165, 1.54) is 43.0 Å². The van der Waals surface area contributed by atoms with Gasteiger partial charge in [0.25, 0.3) is 5.69 Å². The molecule has 2 heterocycles. The molecular weight excluding hydrogens is 428 g/mol. The standard InChI is InChI=1S/C19H24N4O7S/c1-29-18(25)15-12-31-17(19(26)30-2)22(15)16(24)11-20-7-9-21(10-8-20)13-3-5-14(6-4-13)23(27)28/h3-6,15,17H,7-12H2,1-2H3/t15-,17-/m1/s1. The summed E-state index contributed by atoms with van der Waals surface area (Å²) in [5, 5.41) is 9.93. The predicted octanol–water partition coefficient (Wildman–Crippen LogP) is 0.333. The maximum atomic E-state index is 13.0. The number of hydrogen-bond donors (Lipinski definition) is 0. The number of ether oxygens (including phenoxy) is 2. The van der Waals surface area contributed by atoms with Gasteiger partial charge in [0, 0.05) is 49.8 Å². The molecule has 0 aliphatic carbocycles. The summed E-state index contributed by atoms with van der Waals surface area (Å²) in [5.74, 6) is -1.20. The number of thioether (sulfide) groups is 1. The van der Waals surface area contributed by atoms with Gasteiger partial charge >= 0.3 is 11.9 Å². The van der Waals surface area contributed by atoms with Crippen LogP contribution in [-0.2, 0) is 23.9 Å². The van der Waals surface area contributed by atoms with Crippen LogP contribution in [-0.4, -0.2) is 96.7 Å². The van der Waals surface area contributed by atoms with Crippen molar-refractivity contribution in [3.63, 3.8) is 0 Å². The van der Waals surface area contributed by atoms with Gasteiger partial charge in [-0.05, 0) is 12.1 Å². The van der Waals surface area contributed by atoms with E-state index in [1.807, 2.05) is 4.90 Å². The predicted molar refractivity (Wildman–Crippen MR) is 113 cm³/mol. The average molecular weight is 452 g/mol. The molecule has 12 heteroatoms. The maximum absolute atomic E-state index is 13.0. The summed E-state index contributed by atoms with van der Waals surface area (Å²) in [6.07, 6.45) is 0. The van der Waals surface area contributed by atoms with Crippen LogP contribution in [0.3, 0.4) is 0 Å². The number of carbonyl (C=O) groups excluding carboxylic acids is 3. The minimum absolute atomic E-state index is 0.0387. The van der Waals surface area contributed by atoms with Gasteiger partial charge in [0.15, 0.2) is 5.37 Å². The molecule has 11 nitrogen and oxygen atoms in total. The zero-order valence-corrected chi connectivity index (χ0v) is 18.1. The molecule has 2 aliphatic heterocycles. The molecule has 1 amide bonds. The van der Waals surface area contributed by atoms with Gasteiger partial charge in [-0.3, -0.25) is 19.8 Å². The number of nitrogens with zero attached hydrogens (tertiary/aromatic N) is 4. The summed E-state index contributed by atoms with van der Waals surface area (Å²) in [6, 6.07) is 5.53. The Bertz CT molecular complexity index is 818. The molecular formula is C19H24N4O7S. The van der Waals surface area contributed by atoms with Crippen molar-refractivity contribution >= 4 is 41.0 Å². The van der Waals surface area contributed by atoms with Crippen LogP contribution < -0.4 is 4.90 Å². The van der Waals surface area contributed by atoms with Crippen LogP contribution in [0.15, 0.2) is 24.3 Å². The lowest BCUT2D eigenvalue weighted by atomic mass is 10.2. The number of nitro benzene ring substituents is 1. The van der Waals surface area contributed by atoms with Crippen LogP contribution in [0.4, 0.5) is 11.4 Å². The molecule has 31 heavy (non-hydrogen) atoms. The number of carbonyl (C=O) groups is 3. The Kier molecular flexibility index (Phi) is 7.33. The van der Waals surface area contributed by atoms with E-state index in [2.05, 4.69) is 4.90 Å². The van der Waals surface area contributed by atoms with Crippen molar-refractivity contribution in [2.75, 3.05) is 57.6 Å². The third-order valence-electron chi connectivity index (χ3n) is 5.32. The number of amides is 1. The second kappa shape index (κ2) is 9.96. The fraction of sp³-hybridized carbons (Fsp3) is 0.526. The van der Waals surface area contributed by atoms with Gasteiger partial charge in [0.2, 0.25) is 5.91 Å². The lowest BCUT2D eigenvalue weighted by Gasteiger charge is -2.37. The molecule has 0 saturated carbocycles. The fourth-order valence-corrected chi connectivity index (χ4v) is 4.95. The van der Waals surface area contributed by atoms with E-state index in [1.54, 1.807) is 12.1 Å². The van der Waals surface area contributed by atoms with Crippen molar-refractivity contribution in [1.82, 2.24) is 9.80 Å². The Hall–Kier alpha value is -2.86. The van der Waals surface area contributed by atoms with Crippen molar-refractivity contribution in [3.8, 4) is 0 Å². The Labute approximate surface area is 183 Å². The molecule has 0 aromatic heterocycles. The summed E-state index contributed by atoms with van der Waals surface area (Å²) in [6.45, 7) is 2.53. The second-order valence-corrected chi connectivity index (χ2v) is 8.20. The number of piperazine rings is 1. The Morgan fingerprint density at radius 1 is 1.06 bits per heavy atom. The van der Waals surface area contributed by atoms with Crippen LogP contribution >= 0.6 is 11.8 Å². The lowest BCUT2D eigenvalue weighted by Crippen LogP contribution is -2.54.